The van der Waals surface area contributed by atoms with Crippen LogP contribution in [0.3, 0.4) is 0 Å². The molecule has 30 heavy (non-hydrogen) atoms. The van der Waals surface area contributed by atoms with E-state index in [4.69, 9.17) is 0 Å². The number of nitrogens with zero attached hydrogens (tertiary/aromatic N) is 2. The molecule has 2 amide bonds. The highest BCUT2D eigenvalue weighted by Gasteiger charge is 2.19. The van der Waals surface area contributed by atoms with E-state index in [2.05, 4.69) is 20.6 Å². The zero-order valence-corrected chi connectivity index (χ0v) is 16.9. The summed E-state index contributed by atoms with van der Waals surface area (Å²) in [5.41, 5.74) is 1.76. The fourth-order valence-corrected chi connectivity index (χ4v) is 3.82. The number of aromatic nitrogens is 3. The fourth-order valence-electron chi connectivity index (χ4n) is 3.82. The van der Waals surface area contributed by atoms with Crippen LogP contribution in [0, 0.1) is 0 Å². The van der Waals surface area contributed by atoms with Crippen molar-refractivity contribution < 1.29 is 9.59 Å². The summed E-state index contributed by atoms with van der Waals surface area (Å²) >= 11 is 0. The molecule has 1 unspecified atom stereocenters. The Labute approximate surface area is 173 Å². The predicted octanol–water partition coefficient (Wildman–Crippen LogP) is 2.27. The van der Waals surface area contributed by atoms with E-state index in [0.717, 1.165) is 36.7 Å². The summed E-state index contributed by atoms with van der Waals surface area (Å²) in [6.45, 7) is 1.65. The molecule has 3 N–H and O–H groups in total. The monoisotopic (exact) mass is 407 g/mol. The van der Waals surface area contributed by atoms with Gasteiger partial charge in [0.1, 0.15) is 12.4 Å². The number of rotatable bonds is 6. The van der Waals surface area contributed by atoms with E-state index < -0.39 is 0 Å². The van der Waals surface area contributed by atoms with Crippen LogP contribution in [0.4, 0.5) is 0 Å². The lowest BCUT2D eigenvalue weighted by molar-refractivity contribution is -0.122. The molecule has 1 aliphatic carbocycles. The van der Waals surface area contributed by atoms with Gasteiger partial charge in [-0.3, -0.25) is 14.4 Å². The first-order valence-electron chi connectivity index (χ1n) is 10.2. The number of aromatic amines is 1. The van der Waals surface area contributed by atoms with Gasteiger partial charge in [-0.2, -0.15) is 0 Å². The van der Waals surface area contributed by atoms with Gasteiger partial charge < -0.3 is 20.2 Å². The molecule has 1 saturated carbocycles. The molecular formula is C22H25N5O3. The molecule has 0 spiro atoms. The third-order valence-electron chi connectivity index (χ3n) is 5.45. The van der Waals surface area contributed by atoms with E-state index in [1.807, 2.05) is 31.2 Å². The van der Waals surface area contributed by atoms with Crippen molar-refractivity contribution in [2.75, 3.05) is 0 Å². The Bertz CT molecular complexity index is 1090. The number of para-hydroxylation sites is 2. The second-order valence-corrected chi connectivity index (χ2v) is 7.77. The second kappa shape index (κ2) is 8.52. The smallest absolute Gasteiger partial charge is 0.252 e. The summed E-state index contributed by atoms with van der Waals surface area (Å²) in [4.78, 5) is 44.8. The van der Waals surface area contributed by atoms with Crippen LogP contribution in [0.1, 0.15) is 54.8 Å². The minimum Gasteiger partial charge on any atom is -0.349 e. The standard InChI is InChI=1S/C22H25N5O3/c1-14(21-25-17-8-4-5-9-18(17)26-21)23-19(28)13-27-12-15(10-11-20(27)29)22(30)24-16-6-2-3-7-16/h4-5,8-12,14,16H,2-3,6-7,13H2,1H3,(H,23,28)(H,24,30)(H,25,26). The molecule has 8 heteroatoms. The van der Waals surface area contributed by atoms with Crippen molar-refractivity contribution in [3.63, 3.8) is 0 Å². The Hall–Kier alpha value is -3.42. The molecule has 2 aromatic heterocycles. The number of H-pyrrole nitrogens is 1. The molecule has 1 fully saturated rings. The van der Waals surface area contributed by atoms with Crippen molar-refractivity contribution in [1.82, 2.24) is 25.2 Å². The number of nitrogens with one attached hydrogen (secondary N) is 3. The SMILES string of the molecule is CC(NC(=O)Cn1cc(C(=O)NC2CCCC2)ccc1=O)c1nc2ccccc2[nH]1. The fraction of sp³-hybridized carbons (Fsp3) is 0.364. The number of benzene rings is 1. The van der Waals surface area contributed by atoms with Crippen LogP contribution < -0.4 is 16.2 Å². The lowest BCUT2D eigenvalue weighted by Crippen LogP contribution is -2.36. The second-order valence-electron chi connectivity index (χ2n) is 7.77. The predicted molar refractivity (Wildman–Crippen MR) is 113 cm³/mol. The number of carbonyl (C=O) groups is 2. The number of pyridine rings is 1. The van der Waals surface area contributed by atoms with Gasteiger partial charge in [-0.1, -0.05) is 25.0 Å². The molecule has 4 rings (SSSR count). The Morgan fingerprint density at radius 2 is 1.97 bits per heavy atom. The Morgan fingerprint density at radius 1 is 1.20 bits per heavy atom. The molecule has 0 radical (unpaired) electrons. The summed E-state index contributed by atoms with van der Waals surface area (Å²) in [6.07, 6.45) is 5.64. The Kier molecular flexibility index (Phi) is 5.65. The van der Waals surface area contributed by atoms with Gasteiger partial charge in [0.25, 0.3) is 11.5 Å². The van der Waals surface area contributed by atoms with Crippen molar-refractivity contribution in [1.29, 1.82) is 0 Å². The lowest BCUT2D eigenvalue weighted by Gasteiger charge is -2.14. The maximum Gasteiger partial charge on any atom is 0.252 e. The zero-order chi connectivity index (χ0) is 21.1. The first kappa shape index (κ1) is 19.9. The van der Waals surface area contributed by atoms with E-state index >= 15 is 0 Å². The first-order chi connectivity index (χ1) is 14.5. The normalized spacial score (nSPS) is 15.2. The molecule has 8 nitrogen and oxygen atoms in total. The molecule has 3 aromatic rings. The van der Waals surface area contributed by atoms with Gasteiger partial charge in [-0.25, -0.2) is 4.98 Å². The van der Waals surface area contributed by atoms with Gasteiger partial charge in [0.05, 0.1) is 22.6 Å². The van der Waals surface area contributed by atoms with E-state index in [1.165, 1.54) is 22.9 Å². The highest BCUT2D eigenvalue weighted by molar-refractivity contribution is 5.94. The third-order valence-corrected chi connectivity index (χ3v) is 5.45. The van der Waals surface area contributed by atoms with E-state index in [1.54, 1.807) is 0 Å². The molecule has 1 atom stereocenters. The molecule has 0 aliphatic heterocycles. The van der Waals surface area contributed by atoms with Crippen LogP contribution in [0.2, 0.25) is 0 Å². The first-order valence-corrected chi connectivity index (χ1v) is 10.2. The zero-order valence-electron chi connectivity index (χ0n) is 16.9. The quantitative estimate of drug-likeness (QED) is 0.582. The molecule has 1 aromatic carbocycles. The molecule has 0 bridgehead atoms. The van der Waals surface area contributed by atoms with Crippen LogP contribution in [-0.4, -0.2) is 32.4 Å². The summed E-state index contributed by atoms with van der Waals surface area (Å²) in [7, 11) is 0. The maximum atomic E-state index is 12.5. The van der Waals surface area contributed by atoms with Crippen LogP contribution in [-0.2, 0) is 11.3 Å². The Balaban J connectivity index is 1.41. The summed E-state index contributed by atoms with van der Waals surface area (Å²) in [5, 5.41) is 5.84. The van der Waals surface area contributed by atoms with E-state index in [-0.39, 0.29) is 36.0 Å². The summed E-state index contributed by atoms with van der Waals surface area (Å²) in [5.74, 6) is 0.0895. The van der Waals surface area contributed by atoms with Gasteiger partial charge in [0.15, 0.2) is 0 Å². The van der Waals surface area contributed by atoms with Crippen molar-refractivity contribution in [3.05, 3.63) is 64.3 Å². The van der Waals surface area contributed by atoms with Crippen molar-refractivity contribution in [2.45, 2.75) is 51.2 Å². The molecule has 156 valence electrons. The average molecular weight is 407 g/mol. The number of carbonyl (C=O) groups excluding carboxylic acids is 2. The van der Waals surface area contributed by atoms with E-state index in [9.17, 15) is 14.4 Å². The maximum absolute atomic E-state index is 12.5. The van der Waals surface area contributed by atoms with Crippen LogP contribution in [0.5, 0.6) is 0 Å². The van der Waals surface area contributed by atoms with Crippen molar-refractivity contribution in [2.24, 2.45) is 0 Å². The molecule has 2 heterocycles. The largest absolute Gasteiger partial charge is 0.349 e. The number of amides is 2. The highest BCUT2D eigenvalue weighted by Crippen LogP contribution is 2.18. The van der Waals surface area contributed by atoms with E-state index in [0.29, 0.717) is 11.4 Å². The van der Waals surface area contributed by atoms with Crippen molar-refractivity contribution in [3.8, 4) is 0 Å². The lowest BCUT2D eigenvalue weighted by atomic mass is 10.2. The van der Waals surface area contributed by atoms with Gasteiger partial charge in [0.2, 0.25) is 5.91 Å². The average Bonchev–Trinajstić information content (AvgIpc) is 3.39. The number of hydrogen-bond donors (Lipinski definition) is 3. The Morgan fingerprint density at radius 3 is 2.73 bits per heavy atom. The van der Waals surface area contributed by atoms with Crippen LogP contribution in [0.25, 0.3) is 11.0 Å². The molecule has 0 saturated heterocycles. The van der Waals surface area contributed by atoms with Crippen LogP contribution >= 0.6 is 0 Å². The minimum absolute atomic E-state index is 0.173. The molecular weight excluding hydrogens is 382 g/mol. The van der Waals surface area contributed by atoms with Gasteiger partial charge >= 0.3 is 0 Å². The van der Waals surface area contributed by atoms with Crippen LogP contribution in [0.15, 0.2) is 47.4 Å². The minimum atomic E-state index is -0.352. The highest BCUT2D eigenvalue weighted by atomic mass is 16.2. The molecule has 1 aliphatic rings. The van der Waals surface area contributed by atoms with Gasteiger partial charge in [-0.05, 0) is 38.0 Å². The topological polar surface area (TPSA) is 109 Å². The summed E-state index contributed by atoms with van der Waals surface area (Å²) < 4.78 is 1.25. The van der Waals surface area contributed by atoms with Gasteiger partial charge in [0, 0.05) is 18.3 Å². The summed E-state index contributed by atoms with van der Waals surface area (Å²) in [6, 6.07) is 10.3. The van der Waals surface area contributed by atoms with Gasteiger partial charge in [-0.15, -0.1) is 0 Å². The number of imidazole rings is 1. The number of hydrogen-bond acceptors (Lipinski definition) is 4. The number of fused-ring (bicyclic) bond motifs is 1. The van der Waals surface area contributed by atoms with Crippen molar-refractivity contribution >= 4 is 22.8 Å². The third kappa shape index (κ3) is 4.42.